The highest BCUT2D eigenvalue weighted by atomic mass is 19.2. The highest BCUT2D eigenvalue weighted by molar-refractivity contribution is 5.76. The van der Waals surface area contributed by atoms with E-state index in [1.165, 1.54) is 12.1 Å². The monoisotopic (exact) mass is 358 g/mol. The van der Waals surface area contributed by atoms with Crippen LogP contribution in [0.1, 0.15) is 36.8 Å². The van der Waals surface area contributed by atoms with Crippen molar-refractivity contribution in [2.45, 2.75) is 38.5 Å². The molecule has 26 heavy (non-hydrogen) atoms. The number of hydrogen-bond acceptors (Lipinski definition) is 2. The molecule has 0 bridgehead atoms. The van der Waals surface area contributed by atoms with Crippen LogP contribution in [0, 0.1) is 17.6 Å². The van der Waals surface area contributed by atoms with E-state index in [1.54, 1.807) is 18.5 Å². The normalized spacial score (nSPS) is 17.3. The van der Waals surface area contributed by atoms with Crippen molar-refractivity contribution in [3.63, 3.8) is 0 Å². The summed E-state index contributed by atoms with van der Waals surface area (Å²) in [5, 5.41) is 0. The Morgan fingerprint density at radius 3 is 2.81 bits per heavy atom. The Morgan fingerprint density at radius 2 is 2.04 bits per heavy atom. The van der Waals surface area contributed by atoms with Gasteiger partial charge in [-0.05, 0) is 67.3 Å². The number of carbonyl (C=O) groups is 1. The molecule has 1 amide bonds. The quantitative estimate of drug-likeness (QED) is 0.777. The molecule has 1 aliphatic rings. The van der Waals surface area contributed by atoms with Gasteiger partial charge >= 0.3 is 0 Å². The lowest BCUT2D eigenvalue weighted by molar-refractivity contribution is -0.133. The van der Waals surface area contributed by atoms with Crippen LogP contribution in [0.15, 0.2) is 42.7 Å². The minimum absolute atomic E-state index is 0.186. The van der Waals surface area contributed by atoms with E-state index in [2.05, 4.69) is 4.98 Å². The zero-order chi connectivity index (χ0) is 18.4. The van der Waals surface area contributed by atoms with E-state index in [-0.39, 0.29) is 5.91 Å². The van der Waals surface area contributed by atoms with Crippen molar-refractivity contribution in [2.75, 3.05) is 13.1 Å². The fourth-order valence-electron chi connectivity index (χ4n) is 3.55. The Morgan fingerprint density at radius 1 is 1.15 bits per heavy atom. The summed E-state index contributed by atoms with van der Waals surface area (Å²) in [4.78, 5) is 18.5. The number of hydrogen-bond donors (Lipinski definition) is 0. The summed E-state index contributed by atoms with van der Waals surface area (Å²) in [5.41, 5.74) is 1.89. The predicted octanol–water partition coefficient (Wildman–Crippen LogP) is 4.16. The molecule has 0 N–H and O–H groups in total. The van der Waals surface area contributed by atoms with Gasteiger partial charge in [-0.15, -0.1) is 0 Å². The Kier molecular flexibility index (Phi) is 6.31. The molecule has 0 radical (unpaired) electrons. The summed E-state index contributed by atoms with van der Waals surface area (Å²) >= 11 is 0. The van der Waals surface area contributed by atoms with Gasteiger partial charge in [0.25, 0.3) is 0 Å². The summed E-state index contributed by atoms with van der Waals surface area (Å²) < 4.78 is 26.3. The Bertz CT molecular complexity index is 736. The van der Waals surface area contributed by atoms with Crippen LogP contribution in [-0.2, 0) is 17.6 Å². The SMILES string of the molecule is O=C(CCc1cccnc1)N1CCC[C@@H](CCc2ccc(F)c(F)c2)C1. The van der Waals surface area contributed by atoms with Gasteiger partial charge in [0.05, 0.1) is 0 Å². The number of rotatable bonds is 6. The topological polar surface area (TPSA) is 33.2 Å². The molecular weight excluding hydrogens is 334 g/mol. The van der Waals surface area contributed by atoms with Crippen molar-refractivity contribution >= 4 is 5.91 Å². The molecule has 2 aromatic rings. The zero-order valence-electron chi connectivity index (χ0n) is 14.8. The number of piperidine rings is 1. The van der Waals surface area contributed by atoms with Crippen LogP contribution in [0.4, 0.5) is 8.78 Å². The standard InChI is InChI=1S/C21H24F2N2O/c22-19-9-7-16(13-20(19)23)5-6-18-4-2-12-25(15-18)21(26)10-8-17-3-1-11-24-14-17/h1,3,7,9,11,13-14,18H,2,4-6,8,10,12,15H2/t18-/m0/s1. The number of carbonyl (C=O) groups excluding carboxylic acids is 1. The molecule has 1 fully saturated rings. The number of amides is 1. The molecule has 0 unspecified atom stereocenters. The van der Waals surface area contributed by atoms with E-state index < -0.39 is 11.6 Å². The molecule has 1 aromatic carbocycles. The first-order chi connectivity index (χ1) is 12.6. The van der Waals surface area contributed by atoms with Gasteiger partial charge in [-0.3, -0.25) is 9.78 Å². The third-order valence-electron chi connectivity index (χ3n) is 5.05. The van der Waals surface area contributed by atoms with Crippen LogP contribution < -0.4 is 0 Å². The number of halogens is 2. The maximum Gasteiger partial charge on any atom is 0.222 e. The highest BCUT2D eigenvalue weighted by Gasteiger charge is 2.23. The van der Waals surface area contributed by atoms with Crippen LogP contribution in [0.2, 0.25) is 0 Å². The molecule has 0 spiro atoms. The number of likely N-dealkylation sites (tertiary alicyclic amines) is 1. The lowest BCUT2D eigenvalue weighted by Gasteiger charge is -2.33. The van der Waals surface area contributed by atoms with Crippen LogP contribution in [-0.4, -0.2) is 28.9 Å². The molecule has 1 aliphatic heterocycles. The highest BCUT2D eigenvalue weighted by Crippen LogP contribution is 2.23. The van der Waals surface area contributed by atoms with Gasteiger partial charge in [0, 0.05) is 31.9 Å². The minimum atomic E-state index is -0.809. The lowest BCUT2D eigenvalue weighted by Crippen LogP contribution is -2.40. The number of aryl methyl sites for hydroxylation is 2. The number of benzene rings is 1. The van der Waals surface area contributed by atoms with Crippen LogP contribution in [0.3, 0.4) is 0 Å². The Hall–Kier alpha value is -2.30. The third kappa shape index (κ3) is 5.10. The molecule has 1 aromatic heterocycles. The van der Waals surface area contributed by atoms with E-state index in [4.69, 9.17) is 0 Å². The largest absolute Gasteiger partial charge is 0.342 e. The summed E-state index contributed by atoms with van der Waals surface area (Å²) in [6, 6.07) is 7.96. The Balaban J connectivity index is 1.47. The van der Waals surface area contributed by atoms with Gasteiger partial charge in [-0.2, -0.15) is 0 Å². The van der Waals surface area contributed by atoms with E-state index >= 15 is 0 Å². The molecule has 2 heterocycles. The zero-order valence-corrected chi connectivity index (χ0v) is 14.8. The maximum absolute atomic E-state index is 13.3. The number of pyridine rings is 1. The van der Waals surface area contributed by atoms with Crippen molar-refractivity contribution in [1.29, 1.82) is 0 Å². The van der Waals surface area contributed by atoms with E-state index in [0.717, 1.165) is 43.5 Å². The molecular formula is C21H24F2N2O. The first-order valence-corrected chi connectivity index (χ1v) is 9.22. The summed E-state index contributed by atoms with van der Waals surface area (Å²) in [6.45, 7) is 1.57. The van der Waals surface area contributed by atoms with Crippen molar-refractivity contribution in [1.82, 2.24) is 9.88 Å². The first-order valence-electron chi connectivity index (χ1n) is 9.22. The van der Waals surface area contributed by atoms with Crippen LogP contribution in [0.5, 0.6) is 0 Å². The van der Waals surface area contributed by atoms with Crippen molar-refractivity contribution < 1.29 is 13.6 Å². The molecule has 3 rings (SSSR count). The second-order valence-corrected chi connectivity index (χ2v) is 7.00. The summed E-state index contributed by atoms with van der Waals surface area (Å²) in [7, 11) is 0. The predicted molar refractivity (Wildman–Crippen MR) is 96.5 cm³/mol. The number of aromatic nitrogens is 1. The average molecular weight is 358 g/mol. The van der Waals surface area contributed by atoms with Crippen LogP contribution in [0.25, 0.3) is 0 Å². The number of nitrogens with zero attached hydrogens (tertiary/aromatic N) is 2. The second kappa shape index (κ2) is 8.88. The third-order valence-corrected chi connectivity index (χ3v) is 5.05. The van der Waals surface area contributed by atoms with Gasteiger partial charge < -0.3 is 4.90 Å². The molecule has 5 heteroatoms. The van der Waals surface area contributed by atoms with Crippen LogP contribution >= 0.6 is 0 Å². The van der Waals surface area contributed by atoms with Gasteiger partial charge in [-0.25, -0.2) is 8.78 Å². The molecule has 138 valence electrons. The van der Waals surface area contributed by atoms with E-state index in [1.807, 2.05) is 17.0 Å². The van der Waals surface area contributed by atoms with Crippen molar-refractivity contribution in [3.8, 4) is 0 Å². The van der Waals surface area contributed by atoms with Gasteiger partial charge in [0.15, 0.2) is 11.6 Å². The van der Waals surface area contributed by atoms with E-state index in [0.29, 0.717) is 25.2 Å². The Labute approximate surface area is 153 Å². The second-order valence-electron chi connectivity index (χ2n) is 7.00. The minimum Gasteiger partial charge on any atom is -0.342 e. The fourth-order valence-corrected chi connectivity index (χ4v) is 3.55. The summed E-state index contributed by atoms with van der Waals surface area (Å²) in [6.07, 6.45) is 8.42. The average Bonchev–Trinajstić information content (AvgIpc) is 2.68. The molecule has 1 atom stereocenters. The van der Waals surface area contributed by atoms with Gasteiger partial charge in [0.1, 0.15) is 0 Å². The summed E-state index contributed by atoms with van der Waals surface area (Å²) in [5.74, 6) is -0.999. The molecule has 0 aliphatic carbocycles. The maximum atomic E-state index is 13.3. The van der Waals surface area contributed by atoms with E-state index in [9.17, 15) is 13.6 Å². The van der Waals surface area contributed by atoms with Gasteiger partial charge in [-0.1, -0.05) is 12.1 Å². The van der Waals surface area contributed by atoms with Crippen molar-refractivity contribution in [3.05, 3.63) is 65.5 Å². The molecule has 3 nitrogen and oxygen atoms in total. The molecule has 1 saturated heterocycles. The first kappa shape index (κ1) is 18.5. The molecule has 0 saturated carbocycles. The van der Waals surface area contributed by atoms with Crippen molar-refractivity contribution in [2.24, 2.45) is 5.92 Å². The van der Waals surface area contributed by atoms with Gasteiger partial charge in [0.2, 0.25) is 5.91 Å². The lowest BCUT2D eigenvalue weighted by atomic mass is 9.91. The smallest absolute Gasteiger partial charge is 0.222 e. The fraction of sp³-hybridized carbons (Fsp3) is 0.429.